The molecule has 0 saturated heterocycles. The Hall–Kier alpha value is -2.37. The van der Waals surface area contributed by atoms with E-state index in [0.29, 0.717) is 5.69 Å². The van der Waals surface area contributed by atoms with Gasteiger partial charge in [0, 0.05) is 18.3 Å². The maximum atomic E-state index is 12.3. The highest BCUT2D eigenvalue weighted by Gasteiger charge is 2.38. The number of rotatable bonds is 2. The van der Waals surface area contributed by atoms with Crippen molar-refractivity contribution in [3.05, 3.63) is 23.3 Å². The minimum absolute atomic E-state index is 0.121. The van der Waals surface area contributed by atoms with Crippen molar-refractivity contribution < 1.29 is 14.4 Å². The third-order valence-corrected chi connectivity index (χ3v) is 4.80. The average Bonchev–Trinajstić information content (AvgIpc) is 3.32. The smallest absolute Gasteiger partial charge is 0.313 e. The number of nitrogens with one attached hydrogen (secondary N) is 2. The summed E-state index contributed by atoms with van der Waals surface area (Å²) in [4.78, 5) is 38.0. The molecule has 4 rings (SSSR count). The van der Waals surface area contributed by atoms with Gasteiger partial charge in [-0.3, -0.25) is 14.4 Å². The summed E-state index contributed by atoms with van der Waals surface area (Å²) in [7, 11) is 0. The Morgan fingerprint density at radius 3 is 2.74 bits per heavy atom. The van der Waals surface area contributed by atoms with E-state index in [0.717, 1.165) is 49.0 Å². The van der Waals surface area contributed by atoms with Gasteiger partial charge in [-0.1, -0.05) is 0 Å². The molecule has 1 atom stereocenters. The minimum Gasteiger partial charge on any atom is -0.345 e. The summed E-state index contributed by atoms with van der Waals surface area (Å²) < 4.78 is 0. The molecule has 0 radical (unpaired) electrons. The lowest BCUT2D eigenvalue weighted by molar-refractivity contribution is -0.136. The van der Waals surface area contributed by atoms with Crippen LogP contribution in [0.15, 0.2) is 12.1 Å². The number of carbonyl (C=O) groups is 3. The van der Waals surface area contributed by atoms with E-state index in [1.165, 1.54) is 0 Å². The van der Waals surface area contributed by atoms with Gasteiger partial charge in [-0.2, -0.15) is 0 Å². The van der Waals surface area contributed by atoms with E-state index in [1.54, 1.807) is 0 Å². The van der Waals surface area contributed by atoms with Crippen LogP contribution in [0.25, 0.3) is 0 Å². The fourth-order valence-electron chi connectivity index (χ4n) is 3.43. The van der Waals surface area contributed by atoms with Crippen molar-refractivity contribution in [2.45, 2.75) is 44.6 Å². The largest absolute Gasteiger partial charge is 0.345 e. The van der Waals surface area contributed by atoms with Crippen LogP contribution in [0.1, 0.15) is 43.2 Å². The molecule has 1 unspecified atom stereocenters. The summed E-state index contributed by atoms with van der Waals surface area (Å²) in [6.07, 6.45) is 3.69. The molecular formula is C17H19N3O3. The van der Waals surface area contributed by atoms with E-state index in [-0.39, 0.29) is 17.9 Å². The summed E-state index contributed by atoms with van der Waals surface area (Å²) in [6, 6.07) is 3.87. The van der Waals surface area contributed by atoms with Crippen LogP contribution in [0.2, 0.25) is 0 Å². The van der Waals surface area contributed by atoms with Gasteiger partial charge in [-0.15, -0.1) is 0 Å². The number of carbonyl (C=O) groups excluding carboxylic acids is 3. The first kappa shape index (κ1) is 14.2. The summed E-state index contributed by atoms with van der Waals surface area (Å²) in [5, 5.41) is 5.35. The highest BCUT2D eigenvalue weighted by molar-refractivity contribution is 6.39. The van der Waals surface area contributed by atoms with Crippen LogP contribution in [0, 0.1) is 0 Å². The van der Waals surface area contributed by atoms with Gasteiger partial charge in [0.15, 0.2) is 0 Å². The van der Waals surface area contributed by atoms with E-state index in [9.17, 15) is 14.4 Å². The van der Waals surface area contributed by atoms with Crippen molar-refractivity contribution in [3.63, 3.8) is 0 Å². The van der Waals surface area contributed by atoms with Gasteiger partial charge in [0.25, 0.3) is 0 Å². The Bertz CT molecular complexity index is 724. The first-order valence-corrected chi connectivity index (χ1v) is 8.14. The predicted molar refractivity (Wildman–Crippen MR) is 85.3 cm³/mol. The van der Waals surface area contributed by atoms with E-state index in [1.807, 2.05) is 24.0 Å². The Balaban J connectivity index is 1.60. The van der Waals surface area contributed by atoms with Gasteiger partial charge in [0.1, 0.15) is 0 Å². The highest BCUT2D eigenvalue weighted by atomic mass is 16.2. The number of nitrogens with zero attached hydrogens (tertiary/aromatic N) is 1. The lowest BCUT2D eigenvalue weighted by atomic mass is 9.96. The molecule has 1 saturated carbocycles. The first-order valence-electron chi connectivity index (χ1n) is 8.14. The van der Waals surface area contributed by atoms with Crippen molar-refractivity contribution in [2.24, 2.45) is 0 Å². The molecule has 2 N–H and O–H groups in total. The Morgan fingerprint density at radius 1 is 1.22 bits per heavy atom. The zero-order valence-electron chi connectivity index (χ0n) is 13.0. The van der Waals surface area contributed by atoms with Gasteiger partial charge >= 0.3 is 11.8 Å². The van der Waals surface area contributed by atoms with Gasteiger partial charge in [0.2, 0.25) is 5.91 Å². The van der Waals surface area contributed by atoms with Crippen LogP contribution >= 0.6 is 0 Å². The molecule has 6 heteroatoms. The number of amides is 3. The molecule has 2 aliphatic heterocycles. The second kappa shape index (κ2) is 5.08. The van der Waals surface area contributed by atoms with Gasteiger partial charge in [-0.25, -0.2) is 0 Å². The highest BCUT2D eigenvalue weighted by Crippen LogP contribution is 2.44. The summed E-state index contributed by atoms with van der Waals surface area (Å²) in [5.74, 6) is -1.31. The van der Waals surface area contributed by atoms with E-state index >= 15 is 0 Å². The molecule has 1 aromatic rings. The molecule has 1 fully saturated rings. The molecule has 2 heterocycles. The Kier molecular flexibility index (Phi) is 3.14. The van der Waals surface area contributed by atoms with Crippen molar-refractivity contribution >= 4 is 29.1 Å². The molecule has 3 amide bonds. The van der Waals surface area contributed by atoms with Gasteiger partial charge in [0.05, 0.1) is 11.6 Å². The van der Waals surface area contributed by atoms with Crippen LogP contribution in [0.3, 0.4) is 0 Å². The minimum atomic E-state index is -0.645. The molecule has 6 nitrogen and oxygen atoms in total. The molecule has 3 aliphatic rings. The summed E-state index contributed by atoms with van der Waals surface area (Å²) in [6.45, 7) is 2.65. The normalized spacial score (nSPS) is 21.9. The molecule has 0 aromatic heterocycles. The van der Waals surface area contributed by atoms with Crippen molar-refractivity contribution in [2.75, 3.05) is 16.8 Å². The number of benzene rings is 1. The van der Waals surface area contributed by atoms with Crippen LogP contribution in [-0.2, 0) is 20.8 Å². The Morgan fingerprint density at radius 2 is 2.00 bits per heavy atom. The number of aryl methyl sites for hydroxylation is 1. The predicted octanol–water partition coefficient (Wildman–Crippen LogP) is 1.30. The van der Waals surface area contributed by atoms with E-state index in [4.69, 9.17) is 0 Å². The number of anilines is 2. The lowest BCUT2D eigenvalue weighted by Crippen LogP contribution is -2.36. The lowest BCUT2D eigenvalue weighted by Gasteiger charge is -2.26. The average molecular weight is 313 g/mol. The van der Waals surface area contributed by atoms with Crippen LogP contribution < -0.4 is 15.5 Å². The van der Waals surface area contributed by atoms with Crippen LogP contribution in [-0.4, -0.2) is 30.3 Å². The van der Waals surface area contributed by atoms with Crippen molar-refractivity contribution in [1.82, 2.24) is 5.32 Å². The molecule has 1 aromatic carbocycles. The zero-order valence-corrected chi connectivity index (χ0v) is 13.0. The summed E-state index contributed by atoms with van der Waals surface area (Å²) >= 11 is 0. The maximum Gasteiger partial charge on any atom is 0.313 e. The fraction of sp³-hybridized carbons (Fsp3) is 0.471. The van der Waals surface area contributed by atoms with Crippen LogP contribution in [0.5, 0.6) is 0 Å². The molecule has 1 aliphatic carbocycles. The maximum absolute atomic E-state index is 12.3. The SMILES string of the molecule is CC1C(=O)N2CCCc3cc(NC(=O)C(=O)NC4CC4)cc1c32. The Labute approximate surface area is 134 Å². The third-order valence-electron chi connectivity index (χ3n) is 4.80. The number of hydrogen-bond acceptors (Lipinski definition) is 3. The summed E-state index contributed by atoms with van der Waals surface area (Å²) in [5.41, 5.74) is 3.63. The molecular weight excluding hydrogens is 294 g/mol. The van der Waals surface area contributed by atoms with E-state index in [2.05, 4.69) is 10.6 Å². The van der Waals surface area contributed by atoms with Crippen LogP contribution in [0.4, 0.5) is 11.4 Å². The molecule has 0 spiro atoms. The van der Waals surface area contributed by atoms with Crippen molar-refractivity contribution in [3.8, 4) is 0 Å². The van der Waals surface area contributed by atoms with Crippen molar-refractivity contribution in [1.29, 1.82) is 0 Å². The third kappa shape index (κ3) is 2.38. The molecule has 0 bridgehead atoms. The van der Waals surface area contributed by atoms with E-state index < -0.39 is 11.8 Å². The monoisotopic (exact) mass is 313 g/mol. The standard InChI is InChI=1S/C17H19N3O3/c1-9-13-8-12(19-16(22)15(21)18-11-4-5-11)7-10-3-2-6-20(14(10)13)17(9)23/h7-9,11H,2-6H2,1H3,(H,18,21)(H,19,22). The molecule has 120 valence electrons. The second-order valence-corrected chi connectivity index (χ2v) is 6.59. The first-order chi connectivity index (χ1) is 11.0. The quantitative estimate of drug-likeness (QED) is 0.808. The fourth-order valence-corrected chi connectivity index (χ4v) is 3.43. The number of hydrogen-bond donors (Lipinski definition) is 2. The topological polar surface area (TPSA) is 78.5 Å². The zero-order chi connectivity index (χ0) is 16.1. The van der Waals surface area contributed by atoms with Gasteiger partial charge < -0.3 is 15.5 Å². The second-order valence-electron chi connectivity index (χ2n) is 6.59. The van der Waals surface area contributed by atoms with Gasteiger partial charge in [-0.05, 0) is 55.9 Å². The molecule has 23 heavy (non-hydrogen) atoms.